The zero-order valence-electron chi connectivity index (χ0n) is 18.4. The monoisotopic (exact) mass is 446 g/mol. The summed E-state index contributed by atoms with van der Waals surface area (Å²) in [5, 5.41) is 6.10. The summed E-state index contributed by atoms with van der Waals surface area (Å²) in [6.45, 7) is 6.90. The van der Waals surface area contributed by atoms with Gasteiger partial charge in [-0.2, -0.15) is 0 Å². The summed E-state index contributed by atoms with van der Waals surface area (Å²) in [5.41, 5.74) is 4.35. The van der Waals surface area contributed by atoms with Crippen molar-refractivity contribution in [2.45, 2.75) is 45.6 Å². The normalized spacial score (nSPS) is 16.2. The molecule has 5 rings (SSSR count). The largest absolute Gasteiger partial charge is 0.342 e. The van der Waals surface area contributed by atoms with Crippen molar-refractivity contribution in [3.63, 3.8) is 0 Å². The van der Waals surface area contributed by atoms with Gasteiger partial charge in [-0.05, 0) is 50.1 Å². The minimum atomic E-state index is -0.0361. The number of carbonyl (C=O) groups excluding carboxylic acids is 1. The van der Waals surface area contributed by atoms with E-state index in [0.717, 1.165) is 58.6 Å². The molecule has 32 heavy (non-hydrogen) atoms. The summed E-state index contributed by atoms with van der Waals surface area (Å²) >= 11 is 1.55. The number of rotatable bonds is 5. The van der Waals surface area contributed by atoms with Crippen LogP contribution in [0.2, 0.25) is 0 Å². The van der Waals surface area contributed by atoms with E-state index >= 15 is 0 Å². The maximum Gasteiger partial charge on any atom is 0.254 e. The minimum Gasteiger partial charge on any atom is -0.342 e. The number of benzene rings is 1. The fourth-order valence-electron chi connectivity index (χ4n) is 4.15. The molecule has 7 nitrogen and oxygen atoms in total. The molecule has 8 heteroatoms. The number of thiazole rings is 1. The molecule has 1 aliphatic rings. The van der Waals surface area contributed by atoms with Crippen LogP contribution in [0.5, 0.6) is 0 Å². The van der Waals surface area contributed by atoms with Crippen molar-refractivity contribution < 1.29 is 4.79 Å². The number of imidazole rings is 1. The van der Waals surface area contributed by atoms with Gasteiger partial charge in [0.25, 0.3) is 5.91 Å². The van der Waals surface area contributed by atoms with Gasteiger partial charge in [-0.1, -0.05) is 19.9 Å². The minimum absolute atomic E-state index is 0.0332. The summed E-state index contributed by atoms with van der Waals surface area (Å²) < 4.78 is 0. The molecule has 3 aromatic heterocycles. The summed E-state index contributed by atoms with van der Waals surface area (Å²) in [6.07, 6.45) is 1.87. The highest BCUT2D eigenvalue weighted by molar-refractivity contribution is 7.13. The average molecular weight is 447 g/mol. The van der Waals surface area contributed by atoms with Crippen molar-refractivity contribution in [1.82, 2.24) is 24.8 Å². The lowest BCUT2D eigenvalue weighted by Crippen LogP contribution is -2.31. The predicted octanol–water partition coefficient (Wildman–Crippen LogP) is 5.57. The maximum absolute atomic E-state index is 13.4. The van der Waals surface area contributed by atoms with Gasteiger partial charge in [0.05, 0.1) is 28.5 Å². The Morgan fingerprint density at radius 1 is 1.22 bits per heavy atom. The summed E-state index contributed by atoms with van der Waals surface area (Å²) in [5.74, 6) is 2.03. The van der Waals surface area contributed by atoms with Gasteiger partial charge in [-0.25, -0.2) is 15.0 Å². The molecule has 4 heterocycles. The number of likely N-dealkylation sites (tertiary alicyclic amines) is 1. The number of anilines is 2. The van der Waals surface area contributed by atoms with Gasteiger partial charge >= 0.3 is 0 Å². The molecule has 0 unspecified atom stereocenters. The van der Waals surface area contributed by atoms with Crippen LogP contribution in [0.1, 0.15) is 66.2 Å². The highest BCUT2D eigenvalue weighted by Gasteiger charge is 2.32. The molecule has 0 spiro atoms. The van der Waals surface area contributed by atoms with Crippen LogP contribution in [0.3, 0.4) is 0 Å². The number of nitrogens with one attached hydrogen (secondary N) is 2. The Bertz CT molecular complexity index is 1280. The Hall–Kier alpha value is -3.26. The molecule has 0 aliphatic carbocycles. The van der Waals surface area contributed by atoms with Crippen molar-refractivity contribution >= 4 is 39.2 Å². The van der Waals surface area contributed by atoms with Gasteiger partial charge in [0.2, 0.25) is 0 Å². The van der Waals surface area contributed by atoms with Crippen molar-refractivity contribution in [1.29, 1.82) is 0 Å². The van der Waals surface area contributed by atoms with E-state index in [9.17, 15) is 4.79 Å². The zero-order valence-corrected chi connectivity index (χ0v) is 19.2. The van der Waals surface area contributed by atoms with E-state index in [1.165, 1.54) is 0 Å². The van der Waals surface area contributed by atoms with Crippen molar-refractivity contribution in [3.8, 4) is 0 Å². The maximum atomic E-state index is 13.4. The molecule has 1 saturated heterocycles. The highest BCUT2D eigenvalue weighted by Crippen LogP contribution is 2.33. The van der Waals surface area contributed by atoms with E-state index in [2.05, 4.69) is 34.1 Å². The lowest BCUT2D eigenvalue weighted by atomic mass is 10.1. The fourth-order valence-corrected chi connectivity index (χ4v) is 4.84. The lowest BCUT2D eigenvalue weighted by Gasteiger charge is -2.24. The number of aromatic amines is 1. The first-order chi connectivity index (χ1) is 15.5. The molecule has 0 saturated carbocycles. The van der Waals surface area contributed by atoms with Gasteiger partial charge < -0.3 is 15.2 Å². The average Bonchev–Trinajstić information content (AvgIpc) is 3.52. The molecular formula is C24H26N6OS. The third kappa shape index (κ3) is 3.98. The first-order valence-electron chi connectivity index (χ1n) is 10.9. The number of pyridine rings is 1. The molecule has 0 radical (unpaired) electrons. The number of amides is 1. The van der Waals surface area contributed by atoms with Crippen molar-refractivity contribution in [2.75, 3.05) is 11.9 Å². The Morgan fingerprint density at radius 3 is 2.88 bits per heavy atom. The Labute approximate surface area is 190 Å². The number of hydrogen-bond acceptors (Lipinski definition) is 6. The van der Waals surface area contributed by atoms with Gasteiger partial charge in [-0.15, -0.1) is 11.3 Å². The molecule has 0 bridgehead atoms. The number of hydrogen-bond donors (Lipinski definition) is 2. The molecule has 164 valence electrons. The number of H-pyrrole nitrogens is 1. The van der Waals surface area contributed by atoms with Crippen LogP contribution in [0.15, 0.2) is 41.8 Å². The number of carbonyl (C=O) groups is 1. The zero-order chi connectivity index (χ0) is 22.2. The second-order valence-corrected chi connectivity index (χ2v) is 9.39. The SMILES string of the molecule is Cc1csc(Nc2cccc([C@@H]3CCCN3C(=O)c3ccc4nc(C(C)C)[nH]c4c3)n2)n1. The van der Waals surface area contributed by atoms with Crippen LogP contribution in [-0.2, 0) is 0 Å². The second kappa shape index (κ2) is 8.35. The number of fused-ring (bicyclic) bond motifs is 1. The van der Waals surface area contributed by atoms with Crippen LogP contribution >= 0.6 is 11.3 Å². The third-order valence-electron chi connectivity index (χ3n) is 5.77. The quantitative estimate of drug-likeness (QED) is 0.419. The molecule has 1 aliphatic heterocycles. The smallest absolute Gasteiger partial charge is 0.254 e. The topological polar surface area (TPSA) is 86.8 Å². The van der Waals surface area contributed by atoms with Gasteiger partial charge in [0, 0.05) is 23.4 Å². The van der Waals surface area contributed by atoms with Crippen molar-refractivity contribution in [3.05, 3.63) is 64.6 Å². The van der Waals surface area contributed by atoms with E-state index in [-0.39, 0.29) is 11.9 Å². The predicted molar refractivity (Wildman–Crippen MR) is 128 cm³/mol. The Balaban J connectivity index is 1.39. The first-order valence-corrected chi connectivity index (χ1v) is 11.8. The van der Waals surface area contributed by atoms with E-state index in [1.807, 2.05) is 53.6 Å². The van der Waals surface area contributed by atoms with Crippen molar-refractivity contribution in [2.24, 2.45) is 0 Å². The molecule has 4 aromatic rings. The van der Waals surface area contributed by atoms with Gasteiger partial charge in [0.15, 0.2) is 5.13 Å². The molecular weight excluding hydrogens is 420 g/mol. The summed E-state index contributed by atoms with van der Waals surface area (Å²) in [6, 6.07) is 11.6. The highest BCUT2D eigenvalue weighted by atomic mass is 32.1. The molecule has 1 amide bonds. The third-order valence-corrected chi connectivity index (χ3v) is 6.65. The van der Waals surface area contributed by atoms with E-state index < -0.39 is 0 Å². The second-order valence-electron chi connectivity index (χ2n) is 8.53. The number of aromatic nitrogens is 4. The van der Waals surface area contributed by atoms with Crippen LogP contribution < -0.4 is 5.32 Å². The first kappa shape index (κ1) is 20.6. The fraction of sp³-hybridized carbons (Fsp3) is 0.333. The van der Waals surface area contributed by atoms with Crippen LogP contribution in [0.4, 0.5) is 10.9 Å². The number of nitrogens with zero attached hydrogens (tertiary/aromatic N) is 4. The van der Waals surface area contributed by atoms with Gasteiger partial charge in [0.1, 0.15) is 11.6 Å². The molecule has 1 atom stereocenters. The molecule has 1 aromatic carbocycles. The Morgan fingerprint density at radius 2 is 2.09 bits per heavy atom. The van der Waals surface area contributed by atoms with Crippen LogP contribution in [0, 0.1) is 6.92 Å². The molecule has 1 fully saturated rings. The summed E-state index contributed by atoms with van der Waals surface area (Å²) in [4.78, 5) is 32.6. The van der Waals surface area contributed by atoms with E-state index in [1.54, 1.807) is 11.3 Å². The van der Waals surface area contributed by atoms with Crippen LogP contribution in [-0.4, -0.2) is 37.3 Å². The number of aryl methyl sites for hydroxylation is 1. The lowest BCUT2D eigenvalue weighted by molar-refractivity contribution is 0.0733. The summed E-state index contributed by atoms with van der Waals surface area (Å²) in [7, 11) is 0. The van der Waals surface area contributed by atoms with E-state index in [0.29, 0.717) is 11.5 Å². The molecule has 2 N–H and O–H groups in total. The van der Waals surface area contributed by atoms with E-state index in [4.69, 9.17) is 4.98 Å². The standard InChI is InChI=1S/C24H26N6OS/c1-14(2)22-27-17-10-9-16(12-19(17)28-22)23(31)30-11-5-7-20(30)18-6-4-8-21(26-18)29-24-25-15(3)13-32-24/h4,6,8-10,12-14,20H,5,7,11H2,1-3H3,(H,27,28)(H,25,26,29)/t20-/m0/s1. The van der Waals surface area contributed by atoms with Gasteiger partial charge in [-0.3, -0.25) is 4.79 Å². The van der Waals surface area contributed by atoms with Crippen LogP contribution in [0.25, 0.3) is 11.0 Å². The Kier molecular flexibility index (Phi) is 5.38.